The summed E-state index contributed by atoms with van der Waals surface area (Å²) in [6, 6.07) is 0. The Morgan fingerprint density at radius 2 is 2.08 bits per heavy atom. The molecule has 3 nitrogen and oxygen atoms in total. The van der Waals surface area contributed by atoms with E-state index in [1.54, 1.807) is 11.8 Å². The minimum atomic E-state index is -0.880. The third-order valence-electron chi connectivity index (χ3n) is 2.12. The number of carboxylic acids is 1. The lowest BCUT2D eigenvalue weighted by Crippen LogP contribution is -2.21. The summed E-state index contributed by atoms with van der Waals surface area (Å²) in [5.41, 5.74) is 0. The maximum absolute atomic E-state index is 11.4. The van der Waals surface area contributed by atoms with E-state index in [0.717, 1.165) is 18.6 Å². The Balaban J connectivity index is 2.25. The fourth-order valence-electron chi connectivity index (χ4n) is 1.39. The summed E-state index contributed by atoms with van der Waals surface area (Å²) in [4.78, 5) is 21.6. The van der Waals surface area contributed by atoms with Crippen molar-refractivity contribution in [1.82, 2.24) is 0 Å². The molecule has 0 radical (unpaired) electrons. The van der Waals surface area contributed by atoms with Gasteiger partial charge in [-0.3, -0.25) is 9.59 Å². The van der Waals surface area contributed by atoms with Crippen LogP contribution in [0.3, 0.4) is 0 Å². The second kappa shape index (κ2) is 5.27. The summed E-state index contributed by atoms with van der Waals surface area (Å²) in [7, 11) is 0. The average Bonchev–Trinajstić information content (AvgIpc) is 2.15. The van der Waals surface area contributed by atoms with Crippen LogP contribution in [-0.2, 0) is 9.59 Å². The van der Waals surface area contributed by atoms with Gasteiger partial charge in [-0.15, -0.1) is 0 Å². The van der Waals surface area contributed by atoms with E-state index >= 15 is 0 Å². The lowest BCUT2D eigenvalue weighted by molar-refractivity contribution is -0.138. The second-order valence-electron chi connectivity index (χ2n) is 3.22. The Kier molecular flexibility index (Phi) is 4.28. The van der Waals surface area contributed by atoms with E-state index in [1.807, 2.05) is 0 Å². The largest absolute Gasteiger partial charge is 0.481 e. The van der Waals surface area contributed by atoms with Crippen molar-refractivity contribution in [2.24, 2.45) is 0 Å². The molecule has 1 atom stereocenters. The predicted molar refractivity (Wildman–Crippen MR) is 52.0 cm³/mol. The molecule has 1 rings (SSSR count). The summed E-state index contributed by atoms with van der Waals surface area (Å²) in [5, 5.41) is 8.48. The molecule has 0 aromatic heterocycles. The Morgan fingerprint density at radius 1 is 1.31 bits per heavy atom. The molecule has 0 aromatic rings. The summed E-state index contributed by atoms with van der Waals surface area (Å²) in [6.07, 6.45) is 3.41. The van der Waals surface area contributed by atoms with Crippen LogP contribution in [0, 0.1) is 0 Å². The van der Waals surface area contributed by atoms with Crippen molar-refractivity contribution in [3.63, 3.8) is 0 Å². The molecule has 1 unspecified atom stereocenters. The number of carbonyl (C=O) groups is 2. The molecule has 0 spiro atoms. The molecular weight excluding hydrogens is 188 g/mol. The lowest BCUT2D eigenvalue weighted by Gasteiger charge is -2.19. The van der Waals surface area contributed by atoms with Crippen molar-refractivity contribution < 1.29 is 14.7 Å². The molecule has 1 N–H and O–H groups in total. The van der Waals surface area contributed by atoms with Crippen LogP contribution in [0.15, 0.2) is 0 Å². The fourth-order valence-corrected chi connectivity index (χ4v) is 2.68. The Labute approximate surface area is 81.9 Å². The zero-order valence-electron chi connectivity index (χ0n) is 7.49. The van der Waals surface area contributed by atoms with Crippen molar-refractivity contribution in [2.75, 3.05) is 5.75 Å². The summed E-state index contributed by atoms with van der Waals surface area (Å²) < 4.78 is 0. The first-order chi connectivity index (χ1) is 6.20. The first kappa shape index (κ1) is 10.6. The van der Waals surface area contributed by atoms with Gasteiger partial charge in [-0.05, 0) is 18.6 Å². The van der Waals surface area contributed by atoms with Crippen LogP contribution in [0.25, 0.3) is 0 Å². The molecule has 13 heavy (non-hydrogen) atoms. The zero-order chi connectivity index (χ0) is 9.68. The van der Waals surface area contributed by atoms with E-state index in [0.29, 0.717) is 0 Å². The summed E-state index contributed by atoms with van der Waals surface area (Å²) in [5.74, 6) is 0.282. The molecule has 4 heteroatoms. The van der Waals surface area contributed by atoms with Crippen LogP contribution in [0.1, 0.15) is 32.1 Å². The molecule has 1 fully saturated rings. The smallest absolute Gasteiger partial charge is 0.303 e. The van der Waals surface area contributed by atoms with Gasteiger partial charge in [0, 0.05) is 6.42 Å². The molecule has 0 amide bonds. The summed E-state index contributed by atoms with van der Waals surface area (Å²) in [6.45, 7) is 0. The number of aliphatic carboxylic acids is 1. The average molecular weight is 202 g/mol. The molecule has 1 saturated heterocycles. The van der Waals surface area contributed by atoms with Gasteiger partial charge >= 0.3 is 5.97 Å². The first-order valence-electron chi connectivity index (χ1n) is 4.56. The number of carbonyl (C=O) groups excluding carboxylic acids is 1. The number of hydrogen-bond acceptors (Lipinski definition) is 3. The highest BCUT2D eigenvalue weighted by Crippen LogP contribution is 2.26. The number of Topliss-reactive ketones (excluding diaryl/α,β-unsaturated/α-hetero) is 1. The minimum absolute atomic E-state index is 0.0180. The molecule has 0 saturated carbocycles. The van der Waals surface area contributed by atoms with Crippen LogP contribution < -0.4 is 0 Å². The van der Waals surface area contributed by atoms with Crippen LogP contribution in [0.4, 0.5) is 0 Å². The number of carboxylic acid groups (broad SMARTS) is 1. The maximum Gasteiger partial charge on any atom is 0.303 e. The van der Waals surface area contributed by atoms with Crippen LogP contribution in [0.2, 0.25) is 0 Å². The van der Waals surface area contributed by atoms with E-state index in [-0.39, 0.29) is 23.9 Å². The number of ketones is 1. The Morgan fingerprint density at radius 3 is 2.62 bits per heavy atom. The molecule has 0 aromatic carbocycles. The van der Waals surface area contributed by atoms with Crippen LogP contribution >= 0.6 is 11.8 Å². The van der Waals surface area contributed by atoms with Crippen molar-refractivity contribution in [3.05, 3.63) is 0 Å². The van der Waals surface area contributed by atoms with Crippen molar-refractivity contribution in [3.8, 4) is 0 Å². The lowest BCUT2D eigenvalue weighted by atomic mass is 10.1. The van der Waals surface area contributed by atoms with Gasteiger partial charge in [0.2, 0.25) is 0 Å². The monoisotopic (exact) mass is 202 g/mol. The molecule has 1 aliphatic heterocycles. The molecular formula is C9H14O3S. The molecule has 0 bridgehead atoms. The topological polar surface area (TPSA) is 54.4 Å². The van der Waals surface area contributed by atoms with Gasteiger partial charge in [0.15, 0.2) is 0 Å². The summed E-state index contributed by atoms with van der Waals surface area (Å²) >= 11 is 1.68. The number of rotatable bonds is 4. The Hall–Kier alpha value is -0.510. The van der Waals surface area contributed by atoms with Crippen LogP contribution in [-0.4, -0.2) is 27.9 Å². The quantitative estimate of drug-likeness (QED) is 0.754. The van der Waals surface area contributed by atoms with E-state index in [2.05, 4.69) is 0 Å². The minimum Gasteiger partial charge on any atom is -0.481 e. The number of hydrogen-bond donors (Lipinski definition) is 1. The highest BCUT2D eigenvalue weighted by Gasteiger charge is 2.21. The standard InChI is InChI=1S/C9H14O3S/c10-7(4-5-9(11)12)8-3-1-2-6-13-8/h8H,1-6H2,(H,11,12). The SMILES string of the molecule is O=C(O)CCC(=O)C1CCCCS1. The third kappa shape index (κ3) is 3.81. The first-order valence-corrected chi connectivity index (χ1v) is 5.61. The maximum atomic E-state index is 11.4. The molecule has 0 aliphatic carbocycles. The normalized spacial score (nSPS) is 22.6. The van der Waals surface area contributed by atoms with E-state index in [9.17, 15) is 9.59 Å². The third-order valence-corrected chi connectivity index (χ3v) is 3.55. The Bertz CT molecular complexity index is 197. The highest BCUT2D eigenvalue weighted by atomic mass is 32.2. The second-order valence-corrected chi connectivity index (χ2v) is 4.53. The molecule has 1 aliphatic rings. The fraction of sp³-hybridized carbons (Fsp3) is 0.778. The van der Waals surface area contributed by atoms with E-state index in [4.69, 9.17) is 5.11 Å². The molecule has 74 valence electrons. The van der Waals surface area contributed by atoms with Crippen molar-refractivity contribution in [1.29, 1.82) is 0 Å². The van der Waals surface area contributed by atoms with Gasteiger partial charge in [0.1, 0.15) is 5.78 Å². The van der Waals surface area contributed by atoms with Gasteiger partial charge in [-0.25, -0.2) is 0 Å². The van der Waals surface area contributed by atoms with Crippen molar-refractivity contribution in [2.45, 2.75) is 37.4 Å². The highest BCUT2D eigenvalue weighted by molar-refractivity contribution is 8.00. The van der Waals surface area contributed by atoms with E-state index < -0.39 is 5.97 Å². The van der Waals surface area contributed by atoms with Crippen LogP contribution in [0.5, 0.6) is 0 Å². The van der Waals surface area contributed by atoms with E-state index in [1.165, 1.54) is 6.42 Å². The van der Waals surface area contributed by atoms with Gasteiger partial charge < -0.3 is 5.11 Å². The predicted octanol–water partition coefficient (Wildman–Crippen LogP) is 1.71. The van der Waals surface area contributed by atoms with Gasteiger partial charge in [0.25, 0.3) is 0 Å². The zero-order valence-corrected chi connectivity index (χ0v) is 8.31. The number of thioether (sulfide) groups is 1. The van der Waals surface area contributed by atoms with Gasteiger partial charge in [-0.2, -0.15) is 11.8 Å². The molecule has 1 heterocycles. The van der Waals surface area contributed by atoms with Gasteiger partial charge in [0.05, 0.1) is 11.7 Å². The van der Waals surface area contributed by atoms with Gasteiger partial charge in [-0.1, -0.05) is 6.42 Å². The van der Waals surface area contributed by atoms with Crippen molar-refractivity contribution >= 4 is 23.5 Å².